The fourth-order valence-electron chi connectivity index (χ4n) is 3.92. The van der Waals surface area contributed by atoms with Crippen molar-refractivity contribution in [2.45, 2.75) is 64.1 Å². The molecule has 0 bridgehead atoms. The van der Waals surface area contributed by atoms with Crippen molar-refractivity contribution in [2.75, 3.05) is 31.5 Å². The van der Waals surface area contributed by atoms with Crippen molar-refractivity contribution in [3.8, 4) is 0 Å². The van der Waals surface area contributed by atoms with Crippen LogP contribution in [0, 0.1) is 0 Å². The zero-order valence-corrected chi connectivity index (χ0v) is 15.4. The van der Waals surface area contributed by atoms with E-state index in [1.807, 2.05) is 10.9 Å². The number of rotatable bonds is 5. The van der Waals surface area contributed by atoms with Gasteiger partial charge < -0.3 is 20.2 Å². The van der Waals surface area contributed by atoms with Crippen LogP contribution in [0.2, 0.25) is 0 Å². The summed E-state index contributed by atoms with van der Waals surface area (Å²) in [6.07, 6.45) is 9.28. The fraction of sp³-hybridized carbons (Fsp3) is 0.778. The number of aliphatic hydroxyl groups is 1. The molecule has 2 saturated heterocycles. The van der Waals surface area contributed by atoms with E-state index in [-0.39, 0.29) is 12.1 Å². The Bertz CT molecular complexity index is 574. The predicted molar refractivity (Wildman–Crippen MR) is 97.6 cm³/mol. The van der Waals surface area contributed by atoms with Gasteiger partial charge in [-0.3, -0.25) is 4.68 Å². The van der Waals surface area contributed by atoms with Gasteiger partial charge in [-0.2, -0.15) is 5.10 Å². The number of nitrogens with one attached hydrogen (secondary N) is 1. The SMILES string of the molecule is CC(C)(O)C1CCCN1C(=O)Nc1cnn(CCN2CCCCC2)c1. The average molecular weight is 349 g/mol. The smallest absolute Gasteiger partial charge is 0.322 e. The maximum absolute atomic E-state index is 12.5. The van der Waals surface area contributed by atoms with E-state index in [1.165, 1.54) is 32.4 Å². The van der Waals surface area contributed by atoms with Crippen molar-refractivity contribution in [3.63, 3.8) is 0 Å². The van der Waals surface area contributed by atoms with E-state index in [0.29, 0.717) is 12.2 Å². The van der Waals surface area contributed by atoms with Crippen molar-refractivity contribution in [1.29, 1.82) is 0 Å². The Morgan fingerprint density at radius 3 is 2.72 bits per heavy atom. The normalized spacial score (nSPS) is 22.4. The van der Waals surface area contributed by atoms with E-state index in [0.717, 1.165) is 25.9 Å². The predicted octanol–water partition coefficient (Wildman–Crippen LogP) is 2.14. The number of carbonyl (C=O) groups excluding carboxylic acids is 1. The van der Waals surface area contributed by atoms with Gasteiger partial charge in [-0.1, -0.05) is 6.42 Å². The van der Waals surface area contributed by atoms with E-state index >= 15 is 0 Å². The van der Waals surface area contributed by atoms with Crippen LogP contribution in [0.1, 0.15) is 46.0 Å². The van der Waals surface area contributed by atoms with E-state index in [1.54, 1.807) is 24.9 Å². The lowest BCUT2D eigenvalue weighted by molar-refractivity contribution is 0.0117. The molecule has 2 aliphatic rings. The lowest BCUT2D eigenvalue weighted by atomic mass is 9.97. The second-order valence-corrected chi connectivity index (χ2v) is 7.83. The van der Waals surface area contributed by atoms with E-state index in [9.17, 15) is 9.90 Å². The zero-order valence-electron chi connectivity index (χ0n) is 15.4. The summed E-state index contributed by atoms with van der Waals surface area (Å²) >= 11 is 0. The minimum absolute atomic E-state index is 0.137. The molecule has 2 fully saturated rings. The van der Waals surface area contributed by atoms with Crippen LogP contribution in [-0.2, 0) is 6.54 Å². The summed E-state index contributed by atoms with van der Waals surface area (Å²) in [5, 5.41) is 17.5. The molecule has 0 spiro atoms. The second-order valence-electron chi connectivity index (χ2n) is 7.83. The first-order valence-corrected chi connectivity index (χ1v) is 9.48. The Morgan fingerprint density at radius 1 is 1.24 bits per heavy atom. The van der Waals surface area contributed by atoms with Crippen molar-refractivity contribution in [1.82, 2.24) is 19.6 Å². The summed E-state index contributed by atoms with van der Waals surface area (Å²) < 4.78 is 1.89. The quantitative estimate of drug-likeness (QED) is 0.854. The first-order valence-electron chi connectivity index (χ1n) is 9.48. The van der Waals surface area contributed by atoms with Crippen LogP contribution in [0.3, 0.4) is 0 Å². The Labute approximate surface area is 150 Å². The number of piperidine rings is 1. The van der Waals surface area contributed by atoms with Crippen LogP contribution in [0.25, 0.3) is 0 Å². The number of aromatic nitrogens is 2. The topological polar surface area (TPSA) is 73.6 Å². The molecule has 25 heavy (non-hydrogen) atoms. The molecule has 2 amide bonds. The van der Waals surface area contributed by atoms with Gasteiger partial charge in [0.25, 0.3) is 0 Å². The molecule has 1 atom stereocenters. The van der Waals surface area contributed by atoms with Crippen LogP contribution in [-0.4, -0.2) is 68.5 Å². The number of urea groups is 1. The van der Waals surface area contributed by atoms with Crippen LogP contribution in [0.4, 0.5) is 10.5 Å². The summed E-state index contributed by atoms with van der Waals surface area (Å²) in [6.45, 7) is 8.41. The molecule has 3 rings (SSSR count). The third-order valence-corrected chi connectivity index (χ3v) is 5.31. The van der Waals surface area contributed by atoms with Gasteiger partial charge in [0.1, 0.15) is 0 Å². The van der Waals surface area contributed by atoms with Gasteiger partial charge in [0.2, 0.25) is 0 Å². The molecular formula is C18H31N5O2. The maximum Gasteiger partial charge on any atom is 0.322 e. The molecule has 1 aromatic heterocycles. The lowest BCUT2D eigenvalue weighted by Gasteiger charge is -2.33. The highest BCUT2D eigenvalue weighted by Crippen LogP contribution is 2.27. The Kier molecular flexibility index (Phi) is 5.64. The molecule has 7 nitrogen and oxygen atoms in total. The third kappa shape index (κ3) is 4.73. The molecule has 2 aliphatic heterocycles. The molecule has 2 N–H and O–H groups in total. The molecular weight excluding hydrogens is 318 g/mol. The van der Waals surface area contributed by atoms with Gasteiger partial charge in [-0.05, 0) is 52.6 Å². The maximum atomic E-state index is 12.5. The van der Waals surface area contributed by atoms with Gasteiger partial charge in [-0.25, -0.2) is 4.79 Å². The van der Waals surface area contributed by atoms with Gasteiger partial charge in [-0.15, -0.1) is 0 Å². The average Bonchev–Trinajstić information content (AvgIpc) is 3.23. The van der Waals surface area contributed by atoms with Crippen molar-refractivity contribution in [3.05, 3.63) is 12.4 Å². The molecule has 1 unspecified atom stereocenters. The monoisotopic (exact) mass is 349 g/mol. The van der Waals surface area contributed by atoms with E-state index < -0.39 is 5.60 Å². The standard InChI is InChI=1S/C18H31N5O2/c1-18(2,25)16-7-6-10-23(16)17(24)20-15-13-19-22(14-15)12-11-21-8-4-3-5-9-21/h13-14,16,25H,3-12H2,1-2H3,(H,20,24). The number of nitrogens with zero attached hydrogens (tertiary/aromatic N) is 4. The van der Waals surface area contributed by atoms with Gasteiger partial charge in [0.05, 0.1) is 30.1 Å². The lowest BCUT2D eigenvalue weighted by Crippen LogP contribution is -2.49. The minimum atomic E-state index is -0.882. The van der Waals surface area contributed by atoms with Crippen molar-refractivity contribution >= 4 is 11.7 Å². The van der Waals surface area contributed by atoms with Crippen molar-refractivity contribution < 1.29 is 9.90 Å². The molecule has 0 radical (unpaired) electrons. The van der Waals surface area contributed by atoms with Crippen LogP contribution in [0.15, 0.2) is 12.4 Å². The second kappa shape index (κ2) is 7.74. The molecule has 0 aliphatic carbocycles. The number of hydrogen-bond acceptors (Lipinski definition) is 4. The first kappa shape index (κ1) is 18.2. The van der Waals surface area contributed by atoms with Gasteiger partial charge in [0.15, 0.2) is 0 Å². The number of carbonyl (C=O) groups is 1. The largest absolute Gasteiger partial charge is 0.388 e. The molecule has 0 aromatic carbocycles. The summed E-state index contributed by atoms with van der Waals surface area (Å²) in [4.78, 5) is 16.8. The molecule has 140 valence electrons. The number of amides is 2. The third-order valence-electron chi connectivity index (χ3n) is 5.31. The Balaban J connectivity index is 1.51. The summed E-state index contributed by atoms with van der Waals surface area (Å²) in [5.41, 5.74) is -0.169. The Morgan fingerprint density at radius 2 is 2.00 bits per heavy atom. The fourth-order valence-corrected chi connectivity index (χ4v) is 3.92. The van der Waals surface area contributed by atoms with Crippen LogP contribution >= 0.6 is 0 Å². The van der Waals surface area contributed by atoms with Crippen LogP contribution < -0.4 is 5.32 Å². The highest BCUT2D eigenvalue weighted by molar-refractivity contribution is 5.89. The van der Waals surface area contributed by atoms with E-state index in [2.05, 4.69) is 15.3 Å². The summed E-state index contributed by atoms with van der Waals surface area (Å²) in [5.74, 6) is 0. The van der Waals surface area contributed by atoms with Crippen molar-refractivity contribution in [2.24, 2.45) is 0 Å². The number of likely N-dealkylation sites (tertiary alicyclic amines) is 2. The summed E-state index contributed by atoms with van der Waals surface area (Å²) in [6, 6.07) is -0.290. The molecule has 1 aromatic rings. The molecule has 7 heteroatoms. The van der Waals surface area contributed by atoms with Gasteiger partial charge in [0, 0.05) is 19.3 Å². The summed E-state index contributed by atoms with van der Waals surface area (Å²) in [7, 11) is 0. The molecule has 3 heterocycles. The Hall–Kier alpha value is -1.60. The van der Waals surface area contributed by atoms with E-state index in [4.69, 9.17) is 0 Å². The minimum Gasteiger partial charge on any atom is -0.388 e. The van der Waals surface area contributed by atoms with Crippen LogP contribution in [0.5, 0.6) is 0 Å². The highest BCUT2D eigenvalue weighted by atomic mass is 16.3. The first-order chi connectivity index (χ1) is 11.9. The highest BCUT2D eigenvalue weighted by Gasteiger charge is 2.38. The zero-order chi connectivity index (χ0) is 17.9. The molecule has 0 saturated carbocycles. The number of anilines is 1. The number of hydrogen-bond donors (Lipinski definition) is 2. The van der Waals surface area contributed by atoms with Gasteiger partial charge >= 0.3 is 6.03 Å².